The Kier molecular flexibility index (Phi) is 4.74. The van der Waals surface area contributed by atoms with Gasteiger partial charge in [-0.3, -0.25) is 9.59 Å². The largest absolute Gasteiger partial charge is 0.481 e. The van der Waals surface area contributed by atoms with Gasteiger partial charge in [0.25, 0.3) is 0 Å². The fourth-order valence-corrected chi connectivity index (χ4v) is 4.03. The second-order valence-electron chi connectivity index (χ2n) is 7.09. The van der Waals surface area contributed by atoms with Gasteiger partial charge < -0.3 is 14.4 Å². The summed E-state index contributed by atoms with van der Waals surface area (Å²) in [5.41, 5.74) is 0. The van der Waals surface area contributed by atoms with Crippen LogP contribution in [0.5, 0.6) is 0 Å². The van der Waals surface area contributed by atoms with Crippen LogP contribution in [0, 0.1) is 17.8 Å². The summed E-state index contributed by atoms with van der Waals surface area (Å²) in [7, 11) is 0. The molecule has 2 heterocycles. The molecule has 0 radical (unpaired) electrons. The summed E-state index contributed by atoms with van der Waals surface area (Å²) in [4.78, 5) is 26.2. The van der Waals surface area contributed by atoms with Gasteiger partial charge in [-0.1, -0.05) is 13.3 Å². The number of rotatable bonds is 3. The van der Waals surface area contributed by atoms with Gasteiger partial charge in [-0.25, -0.2) is 0 Å². The zero-order valence-corrected chi connectivity index (χ0v) is 13.6. The fraction of sp³-hybridized carbons (Fsp3) is 0.667. The van der Waals surface area contributed by atoms with Crippen molar-refractivity contribution in [3.05, 3.63) is 24.2 Å². The molecular weight excluding hydrogens is 294 g/mol. The molecule has 0 bridgehead atoms. The number of hydrogen-bond acceptors (Lipinski definition) is 3. The number of carbonyl (C=O) groups is 2. The van der Waals surface area contributed by atoms with E-state index in [0.29, 0.717) is 18.8 Å². The van der Waals surface area contributed by atoms with Gasteiger partial charge in [0, 0.05) is 12.5 Å². The minimum atomic E-state index is -0.766. The maximum atomic E-state index is 13.0. The highest BCUT2D eigenvalue weighted by Crippen LogP contribution is 2.38. The van der Waals surface area contributed by atoms with Crippen molar-refractivity contribution in [1.29, 1.82) is 0 Å². The van der Waals surface area contributed by atoms with Crippen molar-refractivity contribution in [2.45, 2.75) is 51.5 Å². The molecule has 4 unspecified atom stereocenters. The van der Waals surface area contributed by atoms with Crippen LogP contribution in [0.3, 0.4) is 0 Å². The Morgan fingerprint density at radius 1 is 1.22 bits per heavy atom. The lowest BCUT2D eigenvalue weighted by Crippen LogP contribution is -2.44. The van der Waals surface area contributed by atoms with Crippen LogP contribution in [0.2, 0.25) is 0 Å². The highest BCUT2D eigenvalue weighted by molar-refractivity contribution is 5.80. The van der Waals surface area contributed by atoms with Gasteiger partial charge in [0.1, 0.15) is 5.76 Å². The first-order valence-electron chi connectivity index (χ1n) is 8.63. The van der Waals surface area contributed by atoms with Crippen LogP contribution in [0.1, 0.15) is 57.3 Å². The Morgan fingerprint density at radius 3 is 2.70 bits per heavy atom. The number of carboxylic acid groups (broad SMARTS) is 1. The molecular formula is C18H25NO4. The lowest BCUT2D eigenvalue weighted by molar-refractivity contribution is -0.147. The predicted molar refractivity (Wildman–Crippen MR) is 84.6 cm³/mol. The third kappa shape index (κ3) is 3.43. The Morgan fingerprint density at radius 2 is 2.00 bits per heavy atom. The summed E-state index contributed by atoms with van der Waals surface area (Å²) in [5, 5.41) is 9.25. The molecule has 1 N–H and O–H groups in total. The van der Waals surface area contributed by atoms with E-state index in [1.807, 2.05) is 17.0 Å². The number of carboxylic acids is 1. The Balaban J connectivity index is 1.75. The Bertz CT molecular complexity index is 553. The summed E-state index contributed by atoms with van der Waals surface area (Å²) in [6, 6.07) is 3.79. The molecule has 1 aliphatic carbocycles. The SMILES string of the molecule is CC1CCN(C(=O)C2CCCC(C(=O)O)C2)C(c2ccco2)C1. The number of hydrogen-bond donors (Lipinski definition) is 1. The van der Waals surface area contributed by atoms with Crippen molar-refractivity contribution >= 4 is 11.9 Å². The molecule has 5 heteroatoms. The van der Waals surface area contributed by atoms with Crippen LogP contribution in [-0.2, 0) is 9.59 Å². The first kappa shape index (κ1) is 16.1. The zero-order valence-electron chi connectivity index (χ0n) is 13.6. The number of carbonyl (C=O) groups excluding carboxylic acids is 1. The molecule has 2 aliphatic rings. The molecule has 2 fully saturated rings. The lowest BCUT2D eigenvalue weighted by atomic mass is 9.79. The van der Waals surface area contributed by atoms with Crippen LogP contribution in [-0.4, -0.2) is 28.4 Å². The summed E-state index contributed by atoms with van der Waals surface area (Å²) in [5.74, 6) is 0.226. The average Bonchev–Trinajstić information content (AvgIpc) is 3.08. The van der Waals surface area contributed by atoms with Crippen LogP contribution in [0.15, 0.2) is 22.8 Å². The van der Waals surface area contributed by atoms with Crippen molar-refractivity contribution in [3.63, 3.8) is 0 Å². The smallest absolute Gasteiger partial charge is 0.306 e. The van der Waals surface area contributed by atoms with Crippen molar-refractivity contribution < 1.29 is 19.1 Å². The monoisotopic (exact) mass is 319 g/mol. The number of amides is 1. The van der Waals surface area contributed by atoms with Gasteiger partial charge in [-0.2, -0.15) is 0 Å². The maximum Gasteiger partial charge on any atom is 0.306 e. The highest BCUT2D eigenvalue weighted by atomic mass is 16.4. The molecule has 1 aromatic heterocycles. The van der Waals surface area contributed by atoms with E-state index in [1.165, 1.54) is 0 Å². The van der Waals surface area contributed by atoms with Crippen molar-refractivity contribution in [2.75, 3.05) is 6.54 Å². The molecule has 0 aromatic carbocycles. The van der Waals surface area contributed by atoms with Crippen LogP contribution >= 0.6 is 0 Å². The van der Waals surface area contributed by atoms with Gasteiger partial charge >= 0.3 is 5.97 Å². The van der Waals surface area contributed by atoms with E-state index in [0.717, 1.165) is 38.0 Å². The first-order valence-corrected chi connectivity index (χ1v) is 8.63. The van der Waals surface area contributed by atoms with Crippen LogP contribution in [0.4, 0.5) is 0 Å². The minimum Gasteiger partial charge on any atom is -0.481 e. The van der Waals surface area contributed by atoms with Gasteiger partial charge in [0.15, 0.2) is 0 Å². The fourth-order valence-electron chi connectivity index (χ4n) is 4.03. The zero-order chi connectivity index (χ0) is 16.4. The van der Waals surface area contributed by atoms with E-state index in [4.69, 9.17) is 4.42 Å². The molecule has 3 rings (SSSR count). The van der Waals surface area contributed by atoms with E-state index in [9.17, 15) is 14.7 Å². The number of piperidine rings is 1. The van der Waals surface area contributed by atoms with E-state index in [1.54, 1.807) is 6.26 Å². The van der Waals surface area contributed by atoms with Crippen LogP contribution in [0.25, 0.3) is 0 Å². The molecule has 1 aliphatic heterocycles. The number of likely N-dealkylation sites (tertiary alicyclic amines) is 1. The van der Waals surface area contributed by atoms with Gasteiger partial charge in [0.2, 0.25) is 5.91 Å². The number of aliphatic carboxylic acids is 1. The normalized spacial score (nSPS) is 31.8. The molecule has 126 valence electrons. The quantitative estimate of drug-likeness (QED) is 0.926. The lowest BCUT2D eigenvalue weighted by Gasteiger charge is -2.40. The third-order valence-electron chi connectivity index (χ3n) is 5.39. The second-order valence-corrected chi connectivity index (χ2v) is 7.09. The van der Waals surface area contributed by atoms with Gasteiger partial charge in [-0.05, 0) is 50.2 Å². The van der Waals surface area contributed by atoms with E-state index < -0.39 is 5.97 Å². The van der Waals surface area contributed by atoms with Crippen molar-refractivity contribution in [3.8, 4) is 0 Å². The minimum absolute atomic E-state index is 0.00791. The summed E-state index contributed by atoms with van der Waals surface area (Å²) in [6.07, 6.45) is 6.36. The van der Waals surface area contributed by atoms with E-state index >= 15 is 0 Å². The number of furan rings is 1. The standard InChI is InChI=1S/C18H25NO4/c1-12-7-8-19(15(10-12)16-6-3-9-23-16)17(20)13-4-2-5-14(11-13)18(21)22/h3,6,9,12-15H,2,4-5,7-8,10-11H2,1H3,(H,21,22). The molecule has 1 aromatic rings. The summed E-state index contributed by atoms with van der Waals surface area (Å²) < 4.78 is 5.56. The average molecular weight is 319 g/mol. The summed E-state index contributed by atoms with van der Waals surface area (Å²) >= 11 is 0. The van der Waals surface area contributed by atoms with E-state index in [2.05, 4.69) is 6.92 Å². The molecule has 23 heavy (non-hydrogen) atoms. The number of nitrogens with zero attached hydrogens (tertiary/aromatic N) is 1. The predicted octanol–water partition coefficient (Wildman–Crippen LogP) is 3.47. The van der Waals surface area contributed by atoms with Crippen molar-refractivity contribution in [2.24, 2.45) is 17.8 Å². The molecule has 1 amide bonds. The molecule has 5 nitrogen and oxygen atoms in total. The van der Waals surface area contributed by atoms with E-state index in [-0.39, 0.29) is 23.8 Å². The topological polar surface area (TPSA) is 70.8 Å². The summed E-state index contributed by atoms with van der Waals surface area (Å²) in [6.45, 7) is 2.94. The Hall–Kier alpha value is -1.78. The van der Waals surface area contributed by atoms with Gasteiger partial charge in [-0.15, -0.1) is 0 Å². The molecule has 1 saturated carbocycles. The third-order valence-corrected chi connectivity index (χ3v) is 5.39. The Labute approximate surface area is 136 Å². The van der Waals surface area contributed by atoms with Crippen LogP contribution < -0.4 is 0 Å². The highest BCUT2D eigenvalue weighted by Gasteiger charge is 2.38. The molecule has 4 atom stereocenters. The second kappa shape index (κ2) is 6.77. The molecule has 0 spiro atoms. The first-order chi connectivity index (χ1) is 11.1. The molecule has 1 saturated heterocycles. The van der Waals surface area contributed by atoms with Crippen molar-refractivity contribution in [1.82, 2.24) is 4.90 Å². The van der Waals surface area contributed by atoms with Gasteiger partial charge in [0.05, 0.1) is 18.2 Å². The maximum absolute atomic E-state index is 13.0.